The van der Waals surface area contributed by atoms with Crippen LogP contribution in [-0.2, 0) is 49.5 Å². The largest absolute Gasteiger partial charge is 0.465 e. The van der Waals surface area contributed by atoms with Crippen LogP contribution in [0.4, 0.5) is 5.69 Å². The number of benzene rings is 1. The quantitative estimate of drug-likeness (QED) is 0.125. The van der Waals surface area contributed by atoms with Gasteiger partial charge in [0, 0.05) is 49.0 Å². The zero-order chi connectivity index (χ0) is 46.7. The highest BCUT2D eigenvalue weighted by Gasteiger charge is 2.74. The highest BCUT2D eigenvalue weighted by atomic mass is 79.9. The maximum absolute atomic E-state index is 14.7. The summed E-state index contributed by atoms with van der Waals surface area (Å²) in [6, 6.07) is 7.58. The van der Waals surface area contributed by atoms with Gasteiger partial charge in [-0.2, -0.15) is 0 Å². The third kappa shape index (κ3) is 8.61. The summed E-state index contributed by atoms with van der Waals surface area (Å²) in [5, 5.41) is 20.6. The molecule has 14 nitrogen and oxygen atoms in total. The van der Waals surface area contributed by atoms with E-state index >= 15 is 0 Å². The Kier molecular flexibility index (Phi) is 12.8. The molecule has 1 aromatic rings. The predicted octanol–water partition coefficient (Wildman–Crippen LogP) is 4.69. The van der Waals surface area contributed by atoms with Crippen molar-refractivity contribution >= 4 is 62.8 Å². The van der Waals surface area contributed by atoms with Crippen LogP contribution in [0.3, 0.4) is 0 Å². The molecule has 9 atom stereocenters. The van der Waals surface area contributed by atoms with Crippen LogP contribution in [0.15, 0.2) is 48.1 Å². The standard InChI is InChI=1S/C50H65BrN4O10/c1-29(2)23-65-43(62)13-12-38(53-42(61)21-52-41(60)20-51)45(63)54-49-25-48(26-49,27-49)18-31-6-9-34(10-7-31)55-22-33-17-37-36-11-8-32-16-35(57)14-15-46(32,4)44(36)39(58)19-47(37,5)50(33,28-55)40(59)24-64-30(3)56/h6-7,9-10,14-16,29,33,36-39,44,58H,8,11-13,17-28H2,1-5H3,(H,52,60)(H,53,61)(H,54,63)/t33-,36-,37-,38-,39-,44+,46-,47-,48?,49?,50+/m0/s1. The molecule has 15 heteroatoms. The SMILES string of the molecule is CC(=O)OCC(=O)[C@@]12CN(c3ccc(CC45CC(NC(=O)[C@H](CCC(=O)OCC(C)C)NC(=O)CNC(=O)CBr)(C4)C5)cc3)C[C@@H]1C[C@H]1[C@@H]3CCC4=CC(=O)C=C[C@]4(C)[C@H]3[C@@H](O)C[C@@]12C. The number of alkyl halides is 1. The summed E-state index contributed by atoms with van der Waals surface area (Å²) >= 11 is 3.05. The maximum Gasteiger partial charge on any atom is 0.305 e. The van der Waals surface area contributed by atoms with Crippen LogP contribution >= 0.6 is 15.9 Å². The molecule has 8 aliphatic rings. The van der Waals surface area contributed by atoms with E-state index in [-0.39, 0.29) is 102 Å². The Bertz CT molecular complexity index is 2170. The number of esters is 2. The summed E-state index contributed by atoms with van der Waals surface area (Å²) in [4.78, 5) is 91.8. The maximum atomic E-state index is 14.7. The monoisotopic (exact) mass is 960 g/mol. The number of amides is 3. The minimum Gasteiger partial charge on any atom is -0.465 e. The molecular weight excluding hydrogens is 896 g/mol. The first-order valence-corrected chi connectivity index (χ1v) is 24.6. The Labute approximate surface area is 389 Å². The van der Waals surface area contributed by atoms with Crippen LogP contribution in [0, 0.1) is 51.2 Å². The van der Waals surface area contributed by atoms with Crippen LogP contribution in [0.25, 0.3) is 0 Å². The molecule has 7 aliphatic carbocycles. The summed E-state index contributed by atoms with van der Waals surface area (Å²) in [6.45, 7) is 10.4. The molecule has 7 fully saturated rings. The van der Waals surface area contributed by atoms with Crippen LogP contribution in [0.2, 0.25) is 0 Å². The normalized spacial score (nSPS) is 35.2. The third-order valence-electron chi connectivity index (χ3n) is 16.8. The molecule has 6 saturated carbocycles. The van der Waals surface area contributed by atoms with Crippen molar-refractivity contribution in [3.8, 4) is 0 Å². The van der Waals surface area contributed by atoms with Gasteiger partial charge in [-0.15, -0.1) is 0 Å². The number of halogens is 1. The second-order valence-corrected chi connectivity index (χ2v) is 22.0. The number of hydrogen-bond acceptors (Lipinski definition) is 11. The first kappa shape index (κ1) is 47.1. The summed E-state index contributed by atoms with van der Waals surface area (Å²) < 4.78 is 10.7. The molecule has 2 bridgehead atoms. The van der Waals surface area contributed by atoms with E-state index in [2.05, 4.69) is 74.9 Å². The van der Waals surface area contributed by atoms with E-state index in [1.54, 1.807) is 12.2 Å². The fourth-order valence-electron chi connectivity index (χ4n) is 14.2. The number of Topliss-reactive ketones (excluding diaryl/α,β-unsaturated/α-hetero) is 1. The predicted molar refractivity (Wildman–Crippen MR) is 244 cm³/mol. The Balaban J connectivity index is 0.911. The van der Waals surface area contributed by atoms with Crippen molar-refractivity contribution in [3.63, 3.8) is 0 Å². The van der Waals surface area contributed by atoms with Gasteiger partial charge in [0.25, 0.3) is 0 Å². The highest BCUT2D eigenvalue weighted by molar-refractivity contribution is 9.09. The van der Waals surface area contributed by atoms with Crippen LogP contribution in [-0.4, -0.2) is 102 Å². The molecular formula is C50H65BrN4O10. The lowest BCUT2D eigenvalue weighted by Crippen LogP contribution is -2.76. The van der Waals surface area contributed by atoms with E-state index in [1.807, 2.05) is 19.9 Å². The molecule has 1 saturated heterocycles. The molecule has 4 N–H and O–H groups in total. The van der Waals surface area contributed by atoms with E-state index in [0.717, 1.165) is 56.2 Å². The van der Waals surface area contributed by atoms with Gasteiger partial charge < -0.3 is 35.4 Å². The second-order valence-electron chi connectivity index (χ2n) is 21.5. The number of fused-ring (bicyclic) bond motifs is 7. The zero-order valence-electron chi connectivity index (χ0n) is 38.3. The molecule has 1 aromatic carbocycles. The number of carbonyl (C=O) groups excluding carboxylic acids is 7. The molecule has 0 unspecified atom stereocenters. The van der Waals surface area contributed by atoms with Gasteiger partial charge in [0.05, 0.1) is 30.0 Å². The van der Waals surface area contributed by atoms with Crippen molar-refractivity contribution in [2.24, 2.45) is 51.2 Å². The number of ether oxygens (including phenoxy) is 2. The van der Waals surface area contributed by atoms with Gasteiger partial charge in [0.15, 0.2) is 18.2 Å². The van der Waals surface area contributed by atoms with Gasteiger partial charge >= 0.3 is 11.9 Å². The molecule has 65 heavy (non-hydrogen) atoms. The van der Waals surface area contributed by atoms with Crippen molar-refractivity contribution in [2.75, 3.05) is 43.1 Å². The molecule has 1 aliphatic heterocycles. The van der Waals surface area contributed by atoms with Gasteiger partial charge in [-0.3, -0.25) is 33.6 Å². The lowest BCUT2D eigenvalue weighted by Gasteiger charge is -2.71. The smallest absolute Gasteiger partial charge is 0.305 e. The minimum absolute atomic E-state index is 0.000523. The van der Waals surface area contributed by atoms with E-state index in [4.69, 9.17) is 9.47 Å². The number of rotatable bonds is 17. The lowest BCUT2D eigenvalue weighted by atomic mass is 9.38. The summed E-state index contributed by atoms with van der Waals surface area (Å²) in [5.41, 5.74) is 1.21. The number of aliphatic hydroxyl groups is 1. The average molecular weight is 962 g/mol. The van der Waals surface area contributed by atoms with Crippen molar-refractivity contribution in [3.05, 3.63) is 53.6 Å². The number of allylic oxidation sites excluding steroid dienone is 4. The van der Waals surface area contributed by atoms with Gasteiger partial charge in [-0.05, 0) is 122 Å². The van der Waals surface area contributed by atoms with Crippen LogP contribution < -0.4 is 20.9 Å². The van der Waals surface area contributed by atoms with Crippen molar-refractivity contribution in [1.29, 1.82) is 0 Å². The highest BCUT2D eigenvalue weighted by Crippen LogP contribution is 2.73. The van der Waals surface area contributed by atoms with E-state index in [1.165, 1.54) is 12.5 Å². The fourth-order valence-corrected chi connectivity index (χ4v) is 14.3. The van der Waals surface area contributed by atoms with Crippen LogP contribution in [0.5, 0.6) is 0 Å². The number of anilines is 1. The average Bonchev–Trinajstić information content (AvgIpc) is 3.74. The number of aliphatic hydroxyl groups excluding tert-OH is 1. The van der Waals surface area contributed by atoms with Gasteiger partial charge in [0.1, 0.15) is 6.04 Å². The topological polar surface area (TPSA) is 198 Å². The molecule has 1 heterocycles. The summed E-state index contributed by atoms with van der Waals surface area (Å²) in [6.07, 6.45) is 11.0. The first-order chi connectivity index (χ1) is 30.7. The molecule has 0 spiro atoms. The van der Waals surface area contributed by atoms with Crippen molar-refractivity contribution in [2.45, 2.75) is 117 Å². The lowest BCUT2D eigenvalue weighted by molar-refractivity contribution is -0.166. The number of ketones is 2. The zero-order valence-corrected chi connectivity index (χ0v) is 39.9. The Hall–Kier alpha value is -4.37. The van der Waals surface area contributed by atoms with Gasteiger partial charge in [0.2, 0.25) is 17.7 Å². The Morgan fingerprint density at radius 3 is 2.42 bits per heavy atom. The van der Waals surface area contributed by atoms with E-state index in [9.17, 15) is 38.7 Å². The second kappa shape index (κ2) is 17.7. The Morgan fingerprint density at radius 1 is 1.02 bits per heavy atom. The molecule has 3 amide bonds. The number of nitrogens with zero attached hydrogens (tertiary/aromatic N) is 1. The summed E-state index contributed by atoms with van der Waals surface area (Å²) in [7, 11) is 0. The van der Waals surface area contributed by atoms with Crippen molar-refractivity contribution in [1.82, 2.24) is 16.0 Å². The number of nitrogens with one attached hydrogen (secondary N) is 3. The third-order valence-corrected chi connectivity index (χ3v) is 17.3. The van der Waals surface area contributed by atoms with Crippen molar-refractivity contribution < 1.29 is 48.1 Å². The summed E-state index contributed by atoms with van der Waals surface area (Å²) in [5.74, 6) is -1.75. The van der Waals surface area contributed by atoms with Gasteiger partial charge in [-0.25, -0.2) is 0 Å². The minimum atomic E-state index is -0.967. The molecule has 9 rings (SSSR count). The first-order valence-electron chi connectivity index (χ1n) is 23.5. The molecule has 352 valence electrons. The number of hydrogen-bond donors (Lipinski definition) is 4. The molecule has 0 aromatic heterocycles. The van der Waals surface area contributed by atoms with Gasteiger partial charge in [-0.1, -0.05) is 67.4 Å². The van der Waals surface area contributed by atoms with E-state index in [0.29, 0.717) is 19.5 Å². The van der Waals surface area contributed by atoms with Crippen LogP contribution in [0.1, 0.15) is 98.0 Å². The molecule has 0 radical (unpaired) electrons. The number of carbonyl (C=O) groups is 7. The Morgan fingerprint density at radius 2 is 1.74 bits per heavy atom. The fraction of sp³-hybridized carbons (Fsp3) is 0.660. The van der Waals surface area contributed by atoms with E-state index < -0.39 is 46.2 Å².